The molecule has 0 radical (unpaired) electrons. The first-order valence-corrected chi connectivity index (χ1v) is 7.89. The summed E-state index contributed by atoms with van der Waals surface area (Å²) in [6.45, 7) is 4.62. The Labute approximate surface area is 131 Å². The SMILES string of the molecule is CC(=O)CN=C1CCC/C1=C(/N)C(=O)N1CC[C@H](O)[C@H](C)C1. The number of amides is 1. The Balaban J connectivity index is 2.14. The van der Waals surface area contributed by atoms with Crippen molar-refractivity contribution in [3.63, 3.8) is 0 Å². The number of nitrogens with zero attached hydrogens (tertiary/aromatic N) is 2. The van der Waals surface area contributed by atoms with E-state index in [0.717, 1.165) is 30.5 Å². The van der Waals surface area contributed by atoms with E-state index in [2.05, 4.69) is 4.99 Å². The molecule has 6 nitrogen and oxygen atoms in total. The van der Waals surface area contributed by atoms with Crippen molar-refractivity contribution in [2.45, 2.75) is 45.6 Å². The van der Waals surface area contributed by atoms with Crippen molar-refractivity contribution in [2.24, 2.45) is 16.6 Å². The van der Waals surface area contributed by atoms with E-state index < -0.39 is 0 Å². The molecule has 122 valence electrons. The number of allylic oxidation sites excluding steroid dienone is 1. The molecule has 0 unspecified atom stereocenters. The molecular formula is C16H25N3O3. The number of aliphatic imine (C=N–C) groups is 1. The molecule has 1 aliphatic heterocycles. The summed E-state index contributed by atoms with van der Waals surface area (Å²) in [5, 5.41) is 9.76. The van der Waals surface area contributed by atoms with Crippen LogP contribution in [0.5, 0.6) is 0 Å². The Morgan fingerprint density at radius 1 is 1.41 bits per heavy atom. The van der Waals surface area contributed by atoms with E-state index in [1.54, 1.807) is 4.90 Å². The molecule has 1 amide bonds. The molecule has 0 aromatic carbocycles. The first-order chi connectivity index (χ1) is 10.4. The number of aliphatic hydroxyl groups is 1. The van der Waals surface area contributed by atoms with Crippen molar-refractivity contribution in [1.29, 1.82) is 0 Å². The highest BCUT2D eigenvalue weighted by atomic mass is 16.3. The molecule has 2 atom stereocenters. The summed E-state index contributed by atoms with van der Waals surface area (Å²) >= 11 is 0. The van der Waals surface area contributed by atoms with E-state index in [1.807, 2.05) is 6.92 Å². The van der Waals surface area contributed by atoms with Crippen LogP contribution in [-0.2, 0) is 9.59 Å². The predicted molar refractivity (Wildman–Crippen MR) is 84.4 cm³/mol. The number of rotatable bonds is 3. The third-order valence-electron chi connectivity index (χ3n) is 4.38. The summed E-state index contributed by atoms with van der Waals surface area (Å²) < 4.78 is 0. The number of carbonyl (C=O) groups excluding carboxylic acids is 2. The summed E-state index contributed by atoms with van der Waals surface area (Å²) in [7, 11) is 0. The number of hydrogen-bond acceptors (Lipinski definition) is 5. The molecule has 2 rings (SSSR count). The van der Waals surface area contributed by atoms with Crippen LogP contribution in [0, 0.1) is 5.92 Å². The Bertz CT molecular complexity index is 525. The number of carbonyl (C=O) groups is 2. The maximum atomic E-state index is 12.6. The number of nitrogens with two attached hydrogens (primary N) is 1. The van der Waals surface area contributed by atoms with Gasteiger partial charge < -0.3 is 15.7 Å². The van der Waals surface area contributed by atoms with Gasteiger partial charge in [-0.1, -0.05) is 6.92 Å². The van der Waals surface area contributed by atoms with E-state index in [9.17, 15) is 14.7 Å². The molecule has 22 heavy (non-hydrogen) atoms. The van der Waals surface area contributed by atoms with Gasteiger partial charge in [-0.05, 0) is 38.5 Å². The fourth-order valence-corrected chi connectivity index (χ4v) is 3.02. The molecule has 1 saturated heterocycles. The molecular weight excluding hydrogens is 282 g/mol. The zero-order valence-corrected chi connectivity index (χ0v) is 13.3. The van der Waals surface area contributed by atoms with E-state index >= 15 is 0 Å². The van der Waals surface area contributed by atoms with Crippen molar-refractivity contribution in [3.8, 4) is 0 Å². The molecule has 0 bridgehead atoms. The van der Waals surface area contributed by atoms with Gasteiger partial charge in [-0.15, -0.1) is 0 Å². The third kappa shape index (κ3) is 3.74. The van der Waals surface area contributed by atoms with Gasteiger partial charge >= 0.3 is 0 Å². The van der Waals surface area contributed by atoms with E-state index in [0.29, 0.717) is 19.5 Å². The second kappa shape index (κ2) is 7.05. The number of Topliss-reactive ketones (excluding diaryl/α,β-unsaturated/α-hetero) is 1. The average Bonchev–Trinajstić information content (AvgIpc) is 2.94. The Morgan fingerprint density at radius 3 is 2.77 bits per heavy atom. The molecule has 6 heteroatoms. The predicted octanol–water partition coefficient (Wildman–Crippen LogP) is 0.642. The van der Waals surface area contributed by atoms with Crippen molar-refractivity contribution < 1.29 is 14.7 Å². The lowest BCUT2D eigenvalue weighted by Crippen LogP contribution is -2.46. The molecule has 0 aromatic heterocycles. The average molecular weight is 307 g/mol. The van der Waals surface area contributed by atoms with Gasteiger partial charge in [0.05, 0.1) is 12.6 Å². The van der Waals surface area contributed by atoms with Crippen LogP contribution in [0.1, 0.15) is 39.5 Å². The molecule has 3 N–H and O–H groups in total. The summed E-state index contributed by atoms with van der Waals surface area (Å²) in [6.07, 6.45) is 2.65. The molecule has 0 spiro atoms. The topological polar surface area (TPSA) is 96.0 Å². The molecule has 1 aliphatic carbocycles. The van der Waals surface area contributed by atoms with Gasteiger partial charge in [0.25, 0.3) is 5.91 Å². The van der Waals surface area contributed by atoms with Gasteiger partial charge in [0, 0.05) is 24.4 Å². The van der Waals surface area contributed by atoms with Gasteiger partial charge in [0.1, 0.15) is 5.70 Å². The summed E-state index contributed by atoms with van der Waals surface area (Å²) in [5.41, 5.74) is 7.94. The summed E-state index contributed by atoms with van der Waals surface area (Å²) in [6, 6.07) is 0. The Morgan fingerprint density at radius 2 is 2.14 bits per heavy atom. The fraction of sp³-hybridized carbons (Fsp3) is 0.688. The van der Waals surface area contributed by atoms with Crippen molar-refractivity contribution >= 4 is 17.4 Å². The first-order valence-electron chi connectivity index (χ1n) is 7.89. The molecule has 1 heterocycles. The summed E-state index contributed by atoms with van der Waals surface area (Å²) in [5.74, 6) is -0.112. The van der Waals surface area contributed by atoms with Gasteiger partial charge in [0.2, 0.25) is 0 Å². The number of piperidine rings is 1. The zero-order chi connectivity index (χ0) is 16.3. The van der Waals surface area contributed by atoms with Gasteiger partial charge in [-0.2, -0.15) is 0 Å². The smallest absolute Gasteiger partial charge is 0.270 e. The van der Waals surface area contributed by atoms with Crippen LogP contribution in [-0.4, -0.2) is 53.1 Å². The summed E-state index contributed by atoms with van der Waals surface area (Å²) in [4.78, 5) is 29.6. The van der Waals surface area contributed by atoms with Crippen LogP contribution in [0.15, 0.2) is 16.3 Å². The standard InChI is InChI=1S/C16H25N3O3/c1-10-9-19(7-6-14(10)21)16(22)15(17)12-4-3-5-13(12)18-8-11(2)20/h10,14,21H,3-9,17H2,1-2H3/b15-12-,18-13?/t10-,14+/m1/s1. The lowest BCUT2D eigenvalue weighted by atomic mass is 9.96. The van der Waals surface area contributed by atoms with Gasteiger partial charge in [-0.3, -0.25) is 14.6 Å². The number of hydrogen-bond donors (Lipinski definition) is 2. The van der Waals surface area contributed by atoms with Crippen LogP contribution >= 0.6 is 0 Å². The lowest BCUT2D eigenvalue weighted by Gasteiger charge is -2.34. The Hall–Kier alpha value is -1.69. The third-order valence-corrected chi connectivity index (χ3v) is 4.38. The van der Waals surface area contributed by atoms with Crippen molar-refractivity contribution in [2.75, 3.05) is 19.6 Å². The van der Waals surface area contributed by atoms with Crippen LogP contribution in [0.25, 0.3) is 0 Å². The molecule has 0 aromatic rings. The molecule has 1 saturated carbocycles. The maximum Gasteiger partial charge on any atom is 0.270 e. The van der Waals surface area contributed by atoms with Crippen LogP contribution in [0.3, 0.4) is 0 Å². The number of likely N-dealkylation sites (tertiary alicyclic amines) is 1. The first kappa shape index (κ1) is 16.7. The van der Waals surface area contributed by atoms with E-state index in [4.69, 9.17) is 5.73 Å². The van der Waals surface area contributed by atoms with Gasteiger partial charge in [0.15, 0.2) is 5.78 Å². The van der Waals surface area contributed by atoms with E-state index in [-0.39, 0.29) is 36.0 Å². The second-order valence-electron chi connectivity index (χ2n) is 6.30. The van der Waals surface area contributed by atoms with Crippen LogP contribution in [0.2, 0.25) is 0 Å². The normalized spacial score (nSPS) is 29.8. The van der Waals surface area contributed by atoms with E-state index in [1.165, 1.54) is 6.92 Å². The van der Waals surface area contributed by atoms with Crippen LogP contribution < -0.4 is 5.73 Å². The fourth-order valence-electron chi connectivity index (χ4n) is 3.02. The highest BCUT2D eigenvalue weighted by molar-refractivity contribution is 6.09. The zero-order valence-electron chi connectivity index (χ0n) is 13.3. The minimum absolute atomic E-state index is 0.00231. The Kier molecular flexibility index (Phi) is 5.34. The number of aliphatic hydroxyl groups excluding tert-OH is 1. The lowest BCUT2D eigenvalue weighted by molar-refractivity contribution is -0.130. The minimum atomic E-state index is -0.350. The molecule has 2 aliphatic rings. The van der Waals surface area contributed by atoms with Crippen LogP contribution in [0.4, 0.5) is 0 Å². The molecule has 2 fully saturated rings. The second-order valence-corrected chi connectivity index (χ2v) is 6.30. The van der Waals surface area contributed by atoms with Crippen molar-refractivity contribution in [1.82, 2.24) is 4.90 Å². The maximum absolute atomic E-state index is 12.6. The van der Waals surface area contributed by atoms with Gasteiger partial charge in [-0.25, -0.2) is 0 Å². The highest BCUT2D eigenvalue weighted by Gasteiger charge is 2.30. The largest absolute Gasteiger partial charge is 0.394 e. The number of ketones is 1. The quantitative estimate of drug-likeness (QED) is 0.748. The monoisotopic (exact) mass is 307 g/mol. The highest BCUT2D eigenvalue weighted by Crippen LogP contribution is 2.25. The minimum Gasteiger partial charge on any atom is -0.394 e. The van der Waals surface area contributed by atoms with Crippen molar-refractivity contribution in [3.05, 3.63) is 11.3 Å².